The molecule has 3 aromatic rings. The molecule has 0 amide bonds. The number of ether oxygens (including phenoxy) is 4. The maximum Gasteiger partial charge on any atom is 0.573 e. The molecule has 0 radical (unpaired) electrons. The molecule has 1 unspecified atom stereocenters. The molecule has 2 aliphatic rings. The third-order valence-corrected chi connectivity index (χ3v) is 6.98. The van der Waals surface area contributed by atoms with E-state index in [4.69, 9.17) is 14.2 Å². The van der Waals surface area contributed by atoms with Gasteiger partial charge in [0, 0.05) is 36.7 Å². The largest absolute Gasteiger partial charge is 0.573 e. The van der Waals surface area contributed by atoms with Crippen molar-refractivity contribution < 1.29 is 37.0 Å². The maximum atomic E-state index is 12.3. The van der Waals surface area contributed by atoms with Crippen molar-refractivity contribution in [2.45, 2.75) is 44.7 Å². The summed E-state index contributed by atoms with van der Waals surface area (Å²) in [4.78, 5) is 16.6. The van der Waals surface area contributed by atoms with Gasteiger partial charge in [0.05, 0.1) is 6.61 Å². The second-order valence-electron chi connectivity index (χ2n) is 9.75. The summed E-state index contributed by atoms with van der Waals surface area (Å²) in [6.07, 6.45) is 0.0182. The van der Waals surface area contributed by atoms with Crippen LogP contribution in [0.25, 0.3) is 0 Å². The van der Waals surface area contributed by atoms with Crippen molar-refractivity contribution >= 4 is 11.5 Å². The van der Waals surface area contributed by atoms with E-state index in [0.29, 0.717) is 37.8 Å². The lowest BCUT2D eigenvalue weighted by atomic mass is 9.93. The fourth-order valence-electron chi connectivity index (χ4n) is 4.84. The molecule has 40 heavy (non-hydrogen) atoms. The molecule has 2 aromatic carbocycles. The van der Waals surface area contributed by atoms with E-state index in [1.165, 1.54) is 30.5 Å². The topological polar surface area (TPSA) is 101 Å². The highest BCUT2D eigenvalue weighted by molar-refractivity contribution is 5.49. The number of rotatable bonds is 10. The molecule has 13 heteroatoms. The maximum absolute atomic E-state index is 12.3. The number of hydrogen-bond donors (Lipinski definition) is 0. The van der Waals surface area contributed by atoms with Gasteiger partial charge in [0.2, 0.25) is 0 Å². The van der Waals surface area contributed by atoms with Gasteiger partial charge in [0.1, 0.15) is 36.2 Å². The molecule has 3 heterocycles. The van der Waals surface area contributed by atoms with Gasteiger partial charge in [-0.25, -0.2) is 0 Å². The lowest BCUT2D eigenvalue weighted by Crippen LogP contribution is -2.34. The van der Waals surface area contributed by atoms with Crippen LogP contribution in [0.2, 0.25) is 0 Å². The van der Waals surface area contributed by atoms with Crippen LogP contribution in [0.1, 0.15) is 25.7 Å². The average molecular weight is 563 g/mol. The average Bonchev–Trinajstić information content (AvgIpc) is 3.37. The number of alkyl halides is 3. The second kappa shape index (κ2) is 11.9. The first-order chi connectivity index (χ1) is 19.2. The summed E-state index contributed by atoms with van der Waals surface area (Å²) in [7, 11) is 0. The van der Waals surface area contributed by atoms with Gasteiger partial charge in [-0.15, -0.1) is 13.2 Å². The van der Waals surface area contributed by atoms with Gasteiger partial charge in [-0.3, -0.25) is 4.57 Å². The Kier molecular flexibility index (Phi) is 8.17. The minimum Gasteiger partial charge on any atom is -0.494 e. The zero-order valence-electron chi connectivity index (χ0n) is 21.6. The molecule has 1 aromatic heterocycles. The molecule has 1 saturated heterocycles. The second-order valence-corrected chi connectivity index (χ2v) is 9.75. The highest BCUT2D eigenvalue weighted by Gasteiger charge is 2.31. The van der Waals surface area contributed by atoms with E-state index in [-0.39, 0.29) is 23.7 Å². The van der Waals surface area contributed by atoms with Crippen molar-refractivity contribution in [3.05, 3.63) is 64.8 Å². The first kappa shape index (κ1) is 27.4. The number of piperidine rings is 1. The van der Waals surface area contributed by atoms with Crippen LogP contribution in [0.15, 0.2) is 54.7 Å². The number of fused-ring (bicyclic) bond motifs is 1. The van der Waals surface area contributed by atoms with Crippen LogP contribution < -0.4 is 23.8 Å². The SMILES string of the molecule is O=[N+]([O-])c1cn2c(n1)OC(COc1ccc(N3CCC(CCOc4ccc(OC(F)(F)F)cc4)CC3)cc1)CC2. The van der Waals surface area contributed by atoms with Crippen LogP contribution >= 0.6 is 0 Å². The molecular weight excluding hydrogens is 533 g/mol. The molecule has 1 atom stereocenters. The van der Waals surface area contributed by atoms with E-state index in [1.807, 2.05) is 24.3 Å². The molecule has 0 saturated carbocycles. The summed E-state index contributed by atoms with van der Waals surface area (Å²) in [5, 5.41) is 10.9. The van der Waals surface area contributed by atoms with Crippen LogP contribution in [-0.4, -0.2) is 53.2 Å². The highest BCUT2D eigenvalue weighted by Crippen LogP contribution is 2.29. The molecule has 1 fully saturated rings. The Hall–Kier alpha value is -4.16. The van der Waals surface area contributed by atoms with E-state index in [0.717, 1.165) is 43.8 Å². The number of hydrogen-bond acceptors (Lipinski definition) is 8. The Morgan fingerprint density at radius 3 is 2.27 bits per heavy atom. The van der Waals surface area contributed by atoms with E-state index < -0.39 is 11.3 Å². The van der Waals surface area contributed by atoms with E-state index in [2.05, 4.69) is 14.6 Å². The monoisotopic (exact) mass is 562 g/mol. The third kappa shape index (κ3) is 7.27. The van der Waals surface area contributed by atoms with Gasteiger partial charge in [-0.05, 0) is 78.6 Å². The number of imidazole rings is 1. The number of nitrogens with zero attached hydrogens (tertiary/aromatic N) is 4. The van der Waals surface area contributed by atoms with Crippen LogP contribution in [0, 0.1) is 16.0 Å². The molecule has 0 bridgehead atoms. The Morgan fingerprint density at radius 1 is 0.950 bits per heavy atom. The fraction of sp³-hybridized carbons (Fsp3) is 0.444. The van der Waals surface area contributed by atoms with Crippen molar-refractivity contribution in [2.75, 3.05) is 31.2 Å². The van der Waals surface area contributed by atoms with E-state index in [9.17, 15) is 23.3 Å². The van der Waals surface area contributed by atoms with Gasteiger partial charge >= 0.3 is 18.2 Å². The molecule has 2 aliphatic heterocycles. The minimum absolute atomic E-state index is 0.225. The fourth-order valence-corrected chi connectivity index (χ4v) is 4.84. The highest BCUT2D eigenvalue weighted by atomic mass is 19.4. The summed E-state index contributed by atoms with van der Waals surface area (Å²) < 4.78 is 59.7. The number of aromatic nitrogens is 2. The Labute approximate surface area is 228 Å². The normalized spacial score (nSPS) is 17.6. The van der Waals surface area contributed by atoms with Crippen LogP contribution in [0.5, 0.6) is 23.3 Å². The molecule has 0 spiro atoms. The predicted octanol–water partition coefficient (Wildman–Crippen LogP) is 5.61. The summed E-state index contributed by atoms with van der Waals surface area (Å²) in [6, 6.07) is 13.6. The first-order valence-electron chi connectivity index (χ1n) is 13.1. The van der Waals surface area contributed by atoms with Crippen LogP contribution in [0.3, 0.4) is 0 Å². The summed E-state index contributed by atoms with van der Waals surface area (Å²) >= 11 is 0. The number of benzene rings is 2. The van der Waals surface area contributed by atoms with Crippen molar-refractivity contribution in [3.63, 3.8) is 0 Å². The Bertz CT molecular complexity index is 1270. The van der Waals surface area contributed by atoms with Gasteiger partial charge < -0.3 is 34.0 Å². The smallest absolute Gasteiger partial charge is 0.494 e. The number of anilines is 1. The summed E-state index contributed by atoms with van der Waals surface area (Å²) in [6.45, 7) is 3.24. The van der Waals surface area contributed by atoms with Gasteiger partial charge in [0.15, 0.2) is 0 Å². The first-order valence-corrected chi connectivity index (χ1v) is 13.1. The molecule has 0 N–H and O–H groups in total. The molecule has 214 valence electrons. The number of aryl methyl sites for hydroxylation is 1. The number of nitro groups is 1. The summed E-state index contributed by atoms with van der Waals surface area (Å²) in [5.74, 6) is 1.25. The quantitative estimate of drug-likeness (QED) is 0.232. The Balaban J connectivity index is 1.01. The van der Waals surface area contributed by atoms with Gasteiger partial charge in [0.25, 0.3) is 0 Å². The van der Waals surface area contributed by atoms with Gasteiger partial charge in [-0.2, -0.15) is 0 Å². The number of halogens is 3. The lowest BCUT2D eigenvalue weighted by molar-refractivity contribution is -0.389. The zero-order chi connectivity index (χ0) is 28.1. The Morgan fingerprint density at radius 2 is 1.60 bits per heavy atom. The van der Waals surface area contributed by atoms with Crippen molar-refractivity contribution in [1.29, 1.82) is 0 Å². The zero-order valence-corrected chi connectivity index (χ0v) is 21.6. The lowest BCUT2D eigenvalue weighted by Gasteiger charge is -2.33. The minimum atomic E-state index is -4.71. The standard InChI is InChI=1S/C27H29F3N4O6/c28-27(29,30)40-23-7-5-21(6-8-23)37-16-12-19-9-13-32(14-10-19)20-1-3-22(4-2-20)38-18-24-11-15-33-17-25(34(35)36)31-26(33)39-24/h1-8,17,19,24H,9-16,18H2. The van der Waals surface area contributed by atoms with E-state index >= 15 is 0 Å². The molecular formula is C27H29F3N4O6. The molecule has 10 nitrogen and oxygen atoms in total. The van der Waals surface area contributed by atoms with E-state index in [1.54, 1.807) is 4.57 Å². The molecule has 0 aliphatic carbocycles. The summed E-state index contributed by atoms with van der Waals surface area (Å²) in [5.41, 5.74) is 1.12. The van der Waals surface area contributed by atoms with Crippen LogP contribution in [-0.2, 0) is 6.54 Å². The van der Waals surface area contributed by atoms with Gasteiger partial charge in [-0.1, -0.05) is 0 Å². The van der Waals surface area contributed by atoms with Crippen molar-refractivity contribution in [3.8, 4) is 23.3 Å². The van der Waals surface area contributed by atoms with Crippen molar-refractivity contribution in [1.82, 2.24) is 9.55 Å². The predicted molar refractivity (Wildman–Crippen MR) is 138 cm³/mol. The third-order valence-electron chi connectivity index (χ3n) is 6.98. The van der Waals surface area contributed by atoms with Crippen molar-refractivity contribution in [2.24, 2.45) is 5.92 Å². The molecule has 5 rings (SSSR count). The van der Waals surface area contributed by atoms with Crippen LogP contribution in [0.4, 0.5) is 24.7 Å².